The average Bonchev–Trinajstić information content (AvgIpc) is 2.11. The van der Waals surface area contributed by atoms with Crippen molar-refractivity contribution in [2.75, 3.05) is 6.54 Å². The Kier molecular flexibility index (Phi) is 6.49. The second kappa shape index (κ2) is 6.79. The van der Waals surface area contributed by atoms with E-state index in [4.69, 9.17) is 10.8 Å². The Bertz CT molecular complexity index is 173. The lowest BCUT2D eigenvalue weighted by Gasteiger charge is -2.24. The van der Waals surface area contributed by atoms with Crippen LogP contribution in [0.3, 0.4) is 0 Å². The van der Waals surface area contributed by atoms with E-state index in [2.05, 4.69) is 6.92 Å². The molecule has 0 fully saturated rings. The number of carboxylic acid groups (broad SMARTS) is 1. The lowest BCUT2D eigenvalue weighted by atomic mass is 9.92. The number of carbonyl (C=O) groups is 1. The van der Waals surface area contributed by atoms with Crippen molar-refractivity contribution in [3.63, 3.8) is 0 Å². The summed E-state index contributed by atoms with van der Waals surface area (Å²) in [6.07, 6.45) is 4.34. The number of carboxylic acids is 1. The molecule has 0 saturated carbocycles. The Hall–Kier alpha value is -0.610. The molecule has 4 nitrogen and oxygen atoms in total. The third-order valence-electron chi connectivity index (χ3n) is 2.36. The van der Waals surface area contributed by atoms with E-state index in [1.54, 1.807) is 0 Å². The molecule has 1 unspecified atom stereocenters. The summed E-state index contributed by atoms with van der Waals surface area (Å²) < 4.78 is 0. The van der Waals surface area contributed by atoms with Crippen molar-refractivity contribution in [3.05, 3.63) is 0 Å². The lowest BCUT2D eigenvalue weighted by Crippen LogP contribution is -2.39. The van der Waals surface area contributed by atoms with E-state index in [1.165, 1.54) is 0 Å². The number of rotatable bonds is 8. The molecule has 14 heavy (non-hydrogen) atoms. The van der Waals surface area contributed by atoms with Gasteiger partial charge in [-0.05, 0) is 6.42 Å². The predicted molar refractivity (Wildman–Crippen MR) is 55.0 cm³/mol. The molecule has 0 aromatic heterocycles. The van der Waals surface area contributed by atoms with Gasteiger partial charge in [0.25, 0.3) is 0 Å². The van der Waals surface area contributed by atoms with E-state index in [0.29, 0.717) is 6.42 Å². The van der Waals surface area contributed by atoms with Crippen LogP contribution < -0.4 is 5.73 Å². The fraction of sp³-hybridized carbons (Fsp3) is 0.900. The first-order chi connectivity index (χ1) is 6.54. The third kappa shape index (κ3) is 5.94. The fourth-order valence-corrected chi connectivity index (χ4v) is 1.42. The molecule has 1 atom stereocenters. The lowest BCUT2D eigenvalue weighted by molar-refractivity contribution is -0.142. The molecule has 0 aliphatic heterocycles. The molecule has 4 heteroatoms. The van der Waals surface area contributed by atoms with Crippen molar-refractivity contribution >= 4 is 5.97 Å². The summed E-state index contributed by atoms with van der Waals surface area (Å²) in [6, 6.07) is 0. The van der Waals surface area contributed by atoms with Gasteiger partial charge >= 0.3 is 5.97 Å². The molecular weight excluding hydrogens is 182 g/mol. The smallest absolute Gasteiger partial charge is 0.306 e. The number of hydrogen-bond donors (Lipinski definition) is 3. The molecule has 0 radical (unpaired) electrons. The van der Waals surface area contributed by atoms with Crippen LogP contribution in [0, 0.1) is 0 Å². The van der Waals surface area contributed by atoms with Gasteiger partial charge in [0.05, 0.1) is 12.0 Å². The van der Waals surface area contributed by atoms with E-state index in [1.807, 2.05) is 0 Å². The Morgan fingerprint density at radius 3 is 2.43 bits per heavy atom. The highest BCUT2D eigenvalue weighted by atomic mass is 16.4. The second-order valence-electron chi connectivity index (χ2n) is 3.81. The molecular formula is C10H21NO3. The molecule has 0 bridgehead atoms. The molecule has 0 aromatic carbocycles. The number of unbranched alkanes of at least 4 members (excludes halogenated alkanes) is 3. The minimum absolute atomic E-state index is 0.0193. The van der Waals surface area contributed by atoms with E-state index in [9.17, 15) is 9.90 Å². The summed E-state index contributed by atoms with van der Waals surface area (Å²) in [7, 11) is 0. The molecule has 84 valence electrons. The minimum Gasteiger partial charge on any atom is -0.481 e. The molecule has 0 spiro atoms. The van der Waals surface area contributed by atoms with E-state index in [0.717, 1.165) is 25.7 Å². The van der Waals surface area contributed by atoms with Gasteiger partial charge in [0.15, 0.2) is 0 Å². The molecule has 0 saturated heterocycles. The standard InChI is InChI=1S/C10H21NO3/c1-2-3-4-5-6-10(14,8-11)7-9(12)13/h14H,2-8,11H2,1H3,(H,12,13). The maximum Gasteiger partial charge on any atom is 0.306 e. The molecule has 0 heterocycles. The summed E-state index contributed by atoms with van der Waals surface area (Å²) in [5.74, 6) is -0.992. The van der Waals surface area contributed by atoms with Crippen molar-refractivity contribution in [1.82, 2.24) is 0 Å². The Morgan fingerprint density at radius 2 is 2.00 bits per heavy atom. The van der Waals surface area contributed by atoms with Gasteiger partial charge in [-0.15, -0.1) is 0 Å². The fourth-order valence-electron chi connectivity index (χ4n) is 1.42. The first-order valence-electron chi connectivity index (χ1n) is 5.18. The monoisotopic (exact) mass is 203 g/mol. The van der Waals surface area contributed by atoms with E-state index in [-0.39, 0.29) is 13.0 Å². The largest absolute Gasteiger partial charge is 0.481 e. The van der Waals surface area contributed by atoms with Crippen molar-refractivity contribution in [1.29, 1.82) is 0 Å². The summed E-state index contributed by atoms with van der Waals surface area (Å²) in [6.45, 7) is 2.12. The zero-order valence-electron chi connectivity index (χ0n) is 8.83. The van der Waals surface area contributed by atoms with Crippen molar-refractivity contribution in [3.8, 4) is 0 Å². The predicted octanol–water partition coefficient (Wildman–Crippen LogP) is 1.12. The highest BCUT2D eigenvalue weighted by Crippen LogP contribution is 2.18. The normalized spacial score (nSPS) is 15.1. The van der Waals surface area contributed by atoms with Crippen LogP contribution in [-0.2, 0) is 4.79 Å². The van der Waals surface area contributed by atoms with Gasteiger partial charge < -0.3 is 15.9 Å². The van der Waals surface area contributed by atoms with E-state index < -0.39 is 11.6 Å². The maximum absolute atomic E-state index is 10.4. The van der Waals surface area contributed by atoms with Crippen LogP contribution in [0.2, 0.25) is 0 Å². The van der Waals surface area contributed by atoms with E-state index >= 15 is 0 Å². The highest BCUT2D eigenvalue weighted by molar-refractivity contribution is 5.68. The first kappa shape index (κ1) is 13.4. The second-order valence-corrected chi connectivity index (χ2v) is 3.81. The average molecular weight is 203 g/mol. The third-order valence-corrected chi connectivity index (χ3v) is 2.36. The molecule has 0 aliphatic rings. The van der Waals surface area contributed by atoms with Crippen LogP contribution in [0.5, 0.6) is 0 Å². The Morgan fingerprint density at radius 1 is 1.36 bits per heavy atom. The summed E-state index contributed by atoms with van der Waals surface area (Å²) in [5.41, 5.74) is 4.15. The van der Waals surface area contributed by atoms with Crippen LogP contribution in [0.4, 0.5) is 0 Å². The Balaban J connectivity index is 3.80. The zero-order chi connectivity index (χ0) is 11.0. The van der Waals surface area contributed by atoms with Gasteiger partial charge in [-0.3, -0.25) is 4.79 Å². The number of aliphatic hydroxyl groups is 1. The summed E-state index contributed by atoms with van der Waals surface area (Å²) >= 11 is 0. The van der Waals surface area contributed by atoms with Crippen molar-refractivity contribution in [2.24, 2.45) is 5.73 Å². The highest BCUT2D eigenvalue weighted by Gasteiger charge is 2.27. The zero-order valence-corrected chi connectivity index (χ0v) is 8.83. The molecule has 0 aliphatic carbocycles. The van der Waals surface area contributed by atoms with Crippen molar-refractivity contribution in [2.45, 2.75) is 51.0 Å². The molecule has 0 aromatic rings. The van der Waals surface area contributed by atoms with Crippen LogP contribution in [0.15, 0.2) is 0 Å². The van der Waals surface area contributed by atoms with Crippen LogP contribution in [0.1, 0.15) is 45.4 Å². The van der Waals surface area contributed by atoms with Crippen molar-refractivity contribution < 1.29 is 15.0 Å². The molecule has 0 amide bonds. The minimum atomic E-state index is -1.21. The van der Waals surface area contributed by atoms with Crippen LogP contribution >= 0.6 is 0 Å². The number of aliphatic carboxylic acids is 1. The molecule has 4 N–H and O–H groups in total. The Labute approximate surface area is 85.1 Å². The van der Waals surface area contributed by atoms with Gasteiger partial charge in [-0.2, -0.15) is 0 Å². The van der Waals surface area contributed by atoms with Gasteiger partial charge in [0.2, 0.25) is 0 Å². The van der Waals surface area contributed by atoms with Crippen LogP contribution in [-0.4, -0.2) is 28.3 Å². The van der Waals surface area contributed by atoms with Gasteiger partial charge in [0, 0.05) is 6.54 Å². The van der Waals surface area contributed by atoms with Gasteiger partial charge in [-0.1, -0.05) is 32.6 Å². The first-order valence-corrected chi connectivity index (χ1v) is 5.18. The summed E-state index contributed by atoms with van der Waals surface area (Å²) in [5, 5.41) is 18.4. The quantitative estimate of drug-likeness (QED) is 0.516. The number of hydrogen-bond acceptors (Lipinski definition) is 3. The summed E-state index contributed by atoms with van der Waals surface area (Å²) in [4.78, 5) is 10.4. The maximum atomic E-state index is 10.4. The van der Waals surface area contributed by atoms with Crippen LogP contribution in [0.25, 0.3) is 0 Å². The van der Waals surface area contributed by atoms with Gasteiger partial charge in [0.1, 0.15) is 0 Å². The number of nitrogens with two attached hydrogens (primary N) is 1. The SMILES string of the molecule is CCCCCCC(O)(CN)CC(=O)O. The van der Waals surface area contributed by atoms with Gasteiger partial charge in [-0.25, -0.2) is 0 Å². The molecule has 0 rings (SSSR count). The topological polar surface area (TPSA) is 83.5 Å².